The molecule has 1 heterocycles. The summed E-state index contributed by atoms with van der Waals surface area (Å²) in [5, 5.41) is 4.10. The topological polar surface area (TPSA) is 122 Å². The molecule has 1 aliphatic carbocycles. The molecule has 0 aromatic heterocycles. The average Bonchev–Trinajstić information content (AvgIpc) is 2.78. The summed E-state index contributed by atoms with van der Waals surface area (Å²) >= 11 is 0. The molecule has 2 fully saturated rings. The summed E-state index contributed by atoms with van der Waals surface area (Å²) in [4.78, 5) is 59.2. The minimum absolute atomic E-state index is 0.333. The van der Waals surface area contributed by atoms with Crippen LogP contribution in [0.4, 0.5) is 4.79 Å². The zero-order valence-electron chi connectivity index (χ0n) is 12.8. The van der Waals surface area contributed by atoms with Gasteiger partial charge in [-0.25, -0.2) is 4.79 Å². The van der Waals surface area contributed by atoms with Crippen molar-refractivity contribution in [3.8, 4) is 0 Å². The molecule has 23 heavy (non-hydrogen) atoms. The van der Waals surface area contributed by atoms with E-state index in [0.29, 0.717) is 12.8 Å². The van der Waals surface area contributed by atoms with Crippen molar-refractivity contribution >= 4 is 29.7 Å². The highest BCUT2D eigenvalue weighted by molar-refractivity contribution is 6.07. The number of fused-ring (bicyclic) bond motifs is 1. The van der Waals surface area contributed by atoms with Gasteiger partial charge in [-0.3, -0.25) is 29.4 Å². The first-order chi connectivity index (χ1) is 10.9. The van der Waals surface area contributed by atoms with E-state index >= 15 is 0 Å². The van der Waals surface area contributed by atoms with E-state index < -0.39 is 31.1 Å². The third-order valence-corrected chi connectivity index (χ3v) is 4.06. The maximum absolute atomic E-state index is 12.2. The van der Waals surface area contributed by atoms with E-state index in [2.05, 4.69) is 10.1 Å². The zero-order valence-corrected chi connectivity index (χ0v) is 12.8. The third kappa shape index (κ3) is 3.85. The number of urea groups is 1. The monoisotopic (exact) mass is 325 g/mol. The van der Waals surface area contributed by atoms with Crippen molar-refractivity contribution in [1.29, 1.82) is 0 Å². The first-order valence-corrected chi connectivity index (χ1v) is 7.46. The van der Waals surface area contributed by atoms with Crippen LogP contribution in [0.2, 0.25) is 0 Å². The lowest BCUT2D eigenvalue weighted by atomic mass is 9.81. The molecule has 1 aliphatic heterocycles. The van der Waals surface area contributed by atoms with Gasteiger partial charge in [0, 0.05) is 7.05 Å². The van der Waals surface area contributed by atoms with Gasteiger partial charge in [0.05, 0.1) is 11.8 Å². The predicted molar refractivity (Wildman–Crippen MR) is 75.7 cm³/mol. The number of likely N-dealkylation sites (tertiary alicyclic amines) is 1. The van der Waals surface area contributed by atoms with E-state index in [-0.39, 0.29) is 23.7 Å². The molecule has 2 N–H and O–H groups in total. The van der Waals surface area contributed by atoms with Crippen LogP contribution >= 0.6 is 0 Å². The van der Waals surface area contributed by atoms with Crippen LogP contribution in [-0.2, 0) is 23.9 Å². The molecular weight excluding hydrogens is 306 g/mol. The molecule has 0 unspecified atom stereocenters. The highest BCUT2D eigenvalue weighted by Gasteiger charge is 2.48. The summed E-state index contributed by atoms with van der Waals surface area (Å²) in [7, 11) is 1.33. The fraction of sp³-hybridized carbons (Fsp3) is 0.643. The summed E-state index contributed by atoms with van der Waals surface area (Å²) in [5.74, 6) is -3.01. The molecule has 9 heteroatoms. The van der Waals surface area contributed by atoms with Crippen molar-refractivity contribution in [2.45, 2.75) is 25.7 Å². The van der Waals surface area contributed by atoms with Crippen LogP contribution in [0.1, 0.15) is 25.7 Å². The number of esters is 1. The maximum atomic E-state index is 12.2. The largest absolute Gasteiger partial charge is 0.454 e. The second-order valence-corrected chi connectivity index (χ2v) is 5.55. The Morgan fingerprint density at radius 2 is 1.70 bits per heavy atom. The van der Waals surface area contributed by atoms with E-state index in [0.717, 1.165) is 17.7 Å². The van der Waals surface area contributed by atoms with Crippen molar-refractivity contribution in [2.24, 2.45) is 11.8 Å². The predicted octanol–water partition coefficient (Wildman–Crippen LogP) is -0.840. The summed E-state index contributed by atoms with van der Waals surface area (Å²) in [6, 6.07) is -0.722. The smallest absolute Gasteiger partial charge is 0.326 e. The fourth-order valence-electron chi connectivity index (χ4n) is 2.93. The summed E-state index contributed by atoms with van der Waals surface area (Å²) in [6.07, 6.45) is 3.13. The highest BCUT2D eigenvalue weighted by Crippen LogP contribution is 2.37. The van der Waals surface area contributed by atoms with Gasteiger partial charge in [0.25, 0.3) is 5.91 Å². The first-order valence-electron chi connectivity index (χ1n) is 7.46. The van der Waals surface area contributed by atoms with Gasteiger partial charge in [-0.1, -0.05) is 12.8 Å². The van der Waals surface area contributed by atoms with Gasteiger partial charge in [-0.2, -0.15) is 0 Å². The fourth-order valence-corrected chi connectivity index (χ4v) is 2.93. The Labute approximate surface area is 132 Å². The van der Waals surface area contributed by atoms with Crippen molar-refractivity contribution in [2.75, 3.05) is 20.2 Å². The molecule has 2 atom stereocenters. The lowest BCUT2D eigenvalue weighted by Gasteiger charge is -2.19. The number of carbonyl (C=O) groups excluding carboxylic acids is 5. The highest BCUT2D eigenvalue weighted by atomic mass is 16.5. The van der Waals surface area contributed by atoms with Crippen LogP contribution in [0.15, 0.2) is 0 Å². The van der Waals surface area contributed by atoms with Crippen molar-refractivity contribution in [3.05, 3.63) is 0 Å². The Morgan fingerprint density at radius 3 is 2.22 bits per heavy atom. The number of nitrogens with zero attached hydrogens (tertiary/aromatic N) is 1. The molecule has 0 spiro atoms. The van der Waals surface area contributed by atoms with Gasteiger partial charge >= 0.3 is 12.0 Å². The normalized spacial score (nSPS) is 23.3. The van der Waals surface area contributed by atoms with Gasteiger partial charge in [0.2, 0.25) is 11.8 Å². The summed E-state index contributed by atoms with van der Waals surface area (Å²) < 4.78 is 4.68. The SMILES string of the molecule is CNC(=O)NC(=O)COC(=O)CN1C(=O)[C@H]2CCCC[C@@H]2C1=O. The average molecular weight is 325 g/mol. The molecule has 5 amide bonds. The quantitative estimate of drug-likeness (QED) is 0.513. The van der Waals surface area contributed by atoms with Crippen molar-refractivity contribution in [1.82, 2.24) is 15.5 Å². The number of imide groups is 2. The number of ether oxygens (including phenoxy) is 1. The van der Waals surface area contributed by atoms with E-state index in [1.54, 1.807) is 0 Å². The Bertz CT molecular complexity index is 523. The molecule has 9 nitrogen and oxygen atoms in total. The summed E-state index contributed by atoms with van der Waals surface area (Å²) in [6.45, 7) is -1.16. The Kier molecular flexibility index (Phi) is 5.30. The molecule has 126 valence electrons. The maximum Gasteiger partial charge on any atom is 0.326 e. The van der Waals surface area contributed by atoms with Crippen LogP contribution in [0.3, 0.4) is 0 Å². The summed E-state index contributed by atoms with van der Waals surface area (Å²) in [5.41, 5.74) is 0. The number of rotatable bonds is 4. The standard InChI is InChI=1S/C14H19N3O6/c1-15-14(22)16-10(18)7-23-11(19)6-17-12(20)8-4-2-3-5-9(8)13(17)21/h8-9H,2-7H2,1H3,(H2,15,16,18,22)/t8-,9-/m0/s1. The molecule has 0 aromatic carbocycles. The lowest BCUT2D eigenvalue weighted by Crippen LogP contribution is -2.41. The minimum Gasteiger partial charge on any atom is -0.454 e. The van der Waals surface area contributed by atoms with Crippen molar-refractivity contribution in [3.63, 3.8) is 0 Å². The Hall–Kier alpha value is -2.45. The molecule has 1 saturated heterocycles. The van der Waals surface area contributed by atoms with Crippen LogP contribution < -0.4 is 10.6 Å². The molecular formula is C14H19N3O6. The van der Waals surface area contributed by atoms with Crippen molar-refractivity contribution < 1.29 is 28.7 Å². The van der Waals surface area contributed by atoms with E-state index in [9.17, 15) is 24.0 Å². The second-order valence-electron chi connectivity index (χ2n) is 5.55. The number of carbonyl (C=O) groups is 5. The van der Waals surface area contributed by atoms with Gasteiger partial charge in [-0.15, -0.1) is 0 Å². The second kappa shape index (κ2) is 7.21. The number of nitrogens with one attached hydrogen (secondary N) is 2. The van der Waals surface area contributed by atoms with Gasteiger partial charge in [-0.05, 0) is 12.8 Å². The van der Waals surface area contributed by atoms with Gasteiger partial charge in [0.1, 0.15) is 6.54 Å². The van der Waals surface area contributed by atoms with E-state index in [4.69, 9.17) is 0 Å². The Morgan fingerprint density at radius 1 is 1.13 bits per heavy atom. The third-order valence-electron chi connectivity index (χ3n) is 4.06. The zero-order chi connectivity index (χ0) is 17.0. The van der Waals surface area contributed by atoms with Crippen LogP contribution in [0.25, 0.3) is 0 Å². The minimum atomic E-state index is -0.864. The van der Waals surface area contributed by atoms with Crippen LogP contribution in [-0.4, -0.2) is 54.8 Å². The van der Waals surface area contributed by atoms with Crippen LogP contribution in [0.5, 0.6) is 0 Å². The van der Waals surface area contributed by atoms with E-state index in [1.807, 2.05) is 5.32 Å². The molecule has 0 aromatic rings. The number of hydrogen-bond donors (Lipinski definition) is 2. The number of amides is 5. The first kappa shape index (κ1) is 16.9. The molecule has 1 saturated carbocycles. The lowest BCUT2D eigenvalue weighted by molar-refractivity contribution is -0.154. The molecule has 2 rings (SSSR count). The molecule has 2 aliphatic rings. The Balaban J connectivity index is 1.83. The molecule has 0 radical (unpaired) electrons. The molecule has 0 bridgehead atoms. The van der Waals surface area contributed by atoms with E-state index in [1.165, 1.54) is 7.05 Å². The van der Waals surface area contributed by atoms with Crippen LogP contribution in [0, 0.1) is 11.8 Å². The number of hydrogen-bond acceptors (Lipinski definition) is 6. The van der Waals surface area contributed by atoms with Gasteiger partial charge in [0.15, 0.2) is 6.61 Å². The van der Waals surface area contributed by atoms with Gasteiger partial charge < -0.3 is 10.1 Å².